The third-order valence-electron chi connectivity index (χ3n) is 3.25. The van der Waals surface area contributed by atoms with E-state index >= 15 is 0 Å². The molecular weight excluding hydrogens is 278 g/mol. The summed E-state index contributed by atoms with van der Waals surface area (Å²) in [6.45, 7) is 5.05. The maximum Gasteiger partial charge on any atom is 0.161 e. The van der Waals surface area contributed by atoms with Crippen molar-refractivity contribution in [2.75, 3.05) is 13.7 Å². The van der Waals surface area contributed by atoms with E-state index in [2.05, 4.69) is 18.1 Å². The maximum atomic E-state index is 5.48. The minimum absolute atomic E-state index is 0.456. The van der Waals surface area contributed by atoms with E-state index in [0.29, 0.717) is 19.0 Å². The lowest BCUT2D eigenvalue weighted by molar-refractivity contribution is 0.131. The van der Waals surface area contributed by atoms with Crippen molar-refractivity contribution in [3.05, 3.63) is 59.2 Å². The number of hydrogen-bond donors (Lipinski definition) is 0. The van der Waals surface area contributed by atoms with Crippen molar-refractivity contribution in [3.63, 3.8) is 0 Å². The zero-order valence-corrected chi connectivity index (χ0v) is 13.2. The van der Waals surface area contributed by atoms with Gasteiger partial charge >= 0.3 is 0 Å². The highest BCUT2D eigenvalue weighted by atomic mass is 16.6. The number of hydrogen-bond acceptors (Lipinski definition) is 4. The average molecular weight is 299 g/mol. The third kappa shape index (κ3) is 4.25. The molecule has 0 aliphatic rings. The molecular formula is C18H21NO3. The molecule has 4 heteroatoms. The fourth-order valence-electron chi connectivity index (χ4n) is 2.02. The zero-order valence-electron chi connectivity index (χ0n) is 13.2. The molecule has 0 N–H and O–H groups in total. The fraction of sp³-hybridized carbons (Fsp3) is 0.278. The molecule has 2 aromatic rings. The molecule has 0 heterocycles. The highest BCUT2D eigenvalue weighted by Gasteiger charge is 2.04. The largest absolute Gasteiger partial charge is 0.493 e. The van der Waals surface area contributed by atoms with Crippen LogP contribution in [0.1, 0.15) is 23.6 Å². The number of benzene rings is 2. The minimum Gasteiger partial charge on any atom is -0.493 e. The Balaban J connectivity index is 1.97. The summed E-state index contributed by atoms with van der Waals surface area (Å²) >= 11 is 0. The first kappa shape index (κ1) is 15.9. The quantitative estimate of drug-likeness (QED) is 0.574. The van der Waals surface area contributed by atoms with E-state index < -0.39 is 0 Å². The lowest BCUT2D eigenvalue weighted by Gasteiger charge is -2.09. The summed E-state index contributed by atoms with van der Waals surface area (Å²) in [4.78, 5) is 5.35. The van der Waals surface area contributed by atoms with Crippen LogP contribution in [0, 0.1) is 6.92 Å². The van der Waals surface area contributed by atoms with Gasteiger partial charge in [0.1, 0.15) is 6.61 Å². The first-order chi connectivity index (χ1) is 10.7. The van der Waals surface area contributed by atoms with Crippen LogP contribution in [0.4, 0.5) is 0 Å². The summed E-state index contributed by atoms with van der Waals surface area (Å²) in [6, 6.07) is 13.7. The average Bonchev–Trinajstić information content (AvgIpc) is 2.54. The SMILES string of the molecule is CCOc1ccc(C=NOCc2ccccc2C)cc1OC. The Kier molecular flexibility index (Phi) is 5.83. The Labute approximate surface area is 131 Å². The Morgan fingerprint density at radius 1 is 1.09 bits per heavy atom. The molecule has 0 atom stereocenters. The van der Waals surface area contributed by atoms with Gasteiger partial charge in [0.05, 0.1) is 19.9 Å². The second-order valence-electron chi connectivity index (χ2n) is 4.78. The van der Waals surface area contributed by atoms with E-state index in [0.717, 1.165) is 16.9 Å². The van der Waals surface area contributed by atoms with Gasteiger partial charge in [-0.1, -0.05) is 29.4 Å². The topological polar surface area (TPSA) is 40.0 Å². The molecule has 0 unspecified atom stereocenters. The number of ether oxygens (including phenoxy) is 2. The molecule has 0 bridgehead atoms. The second-order valence-corrected chi connectivity index (χ2v) is 4.78. The Bertz CT molecular complexity index is 638. The lowest BCUT2D eigenvalue weighted by atomic mass is 10.1. The summed E-state index contributed by atoms with van der Waals surface area (Å²) in [5.74, 6) is 1.41. The lowest BCUT2D eigenvalue weighted by Crippen LogP contribution is -1.96. The van der Waals surface area contributed by atoms with Gasteiger partial charge in [-0.2, -0.15) is 0 Å². The van der Waals surface area contributed by atoms with Crippen molar-refractivity contribution in [3.8, 4) is 11.5 Å². The smallest absolute Gasteiger partial charge is 0.161 e. The van der Waals surface area contributed by atoms with Crippen molar-refractivity contribution in [2.24, 2.45) is 5.16 Å². The second kappa shape index (κ2) is 8.08. The van der Waals surface area contributed by atoms with Gasteiger partial charge in [-0.05, 0) is 43.2 Å². The van der Waals surface area contributed by atoms with Gasteiger partial charge in [0.25, 0.3) is 0 Å². The van der Waals surface area contributed by atoms with Crippen molar-refractivity contribution in [1.82, 2.24) is 0 Å². The molecule has 22 heavy (non-hydrogen) atoms. The molecule has 2 rings (SSSR count). The number of methoxy groups -OCH3 is 1. The highest BCUT2D eigenvalue weighted by Crippen LogP contribution is 2.27. The summed E-state index contributed by atoms with van der Waals surface area (Å²) in [5, 5.41) is 4.01. The van der Waals surface area contributed by atoms with Crippen LogP contribution in [-0.2, 0) is 11.4 Å². The third-order valence-corrected chi connectivity index (χ3v) is 3.25. The van der Waals surface area contributed by atoms with Gasteiger partial charge in [0, 0.05) is 5.56 Å². The van der Waals surface area contributed by atoms with Crippen LogP contribution in [0.15, 0.2) is 47.6 Å². The molecule has 0 saturated heterocycles. The van der Waals surface area contributed by atoms with Crippen LogP contribution in [0.5, 0.6) is 11.5 Å². The molecule has 0 fully saturated rings. The van der Waals surface area contributed by atoms with Crippen molar-refractivity contribution >= 4 is 6.21 Å². The van der Waals surface area contributed by atoms with Gasteiger partial charge in [-0.3, -0.25) is 0 Å². The molecule has 0 radical (unpaired) electrons. The summed E-state index contributed by atoms with van der Waals surface area (Å²) in [5.41, 5.74) is 3.22. The summed E-state index contributed by atoms with van der Waals surface area (Å²) < 4.78 is 10.8. The predicted octanol–water partition coefficient (Wildman–Crippen LogP) is 3.95. The standard InChI is InChI=1S/C18H21NO3/c1-4-21-17-10-9-15(11-18(17)20-3)12-19-22-13-16-8-6-5-7-14(16)2/h5-12H,4,13H2,1-3H3. The number of rotatable bonds is 7. The van der Waals surface area contributed by atoms with Crippen LogP contribution in [0.3, 0.4) is 0 Å². The van der Waals surface area contributed by atoms with Crippen LogP contribution < -0.4 is 9.47 Å². The Morgan fingerprint density at radius 3 is 2.64 bits per heavy atom. The van der Waals surface area contributed by atoms with Gasteiger partial charge in [-0.15, -0.1) is 0 Å². The normalized spacial score (nSPS) is 10.7. The first-order valence-corrected chi connectivity index (χ1v) is 7.25. The molecule has 116 valence electrons. The van der Waals surface area contributed by atoms with E-state index in [4.69, 9.17) is 14.3 Å². The number of oxime groups is 1. The molecule has 0 spiro atoms. The van der Waals surface area contributed by atoms with Gasteiger partial charge in [-0.25, -0.2) is 0 Å². The summed E-state index contributed by atoms with van der Waals surface area (Å²) in [6.07, 6.45) is 1.66. The van der Waals surface area contributed by atoms with Gasteiger partial charge < -0.3 is 14.3 Å². The summed E-state index contributed by atoms with van der Waals surface area (Å²) in [7, 11) is 1.62. The van der Waals surface area contributed by atoms with Crippen molar-refractivity contribution in [1.29, 1.82) is 0 Å². The van der Waals surface area contributed by atoms with E-state index in [1.807, 2.05) is 43.3 Å². The number of nitrogens with zero attached hydrogens (tertiary/aromatic N) is 1. The number of aryl methyl sites for hydroxylation is 1. The van der Waals surface area contributed by atoms with Crippen LogP contribution in [0.2, 0.25) is 0 Å². The van der Waals surface area contributed by atoms with E-state index in [1.54, 1.807) is 13.3 Å². The van der Waals surface area contributed by atoms with E-state index in [1.165, 1.54) is 5.56 Å². The Hall–Kier alpha value is -2.49. The van der Waals surface area contributed by atoms with Crippen LogP contribution in [-0.4, -0.2) is 19.9 Å². The molecule has 0 saturated carbocycles. The Morgan fingerprint density at radius 2 is 1.91 bits per heavy atom. The van der Waals surface area contributed by atoms with Crippen LogP contribution in [0.25, 0.3) is 0 Å². The van der Waals surface area contributed by atoms with Crippen LogP contribution >= 0.6 is 0 Å². The monoisotopic (exact) mass is 299 g/mol. The van der Waals surface area contributed by atoms with Crippen molar-refractivity contribution in [2.45, 2.75) is 20.5 Å². The zero-order chi connectivity index (χ0) is 15.8. The van der Waals surface area contributed by atoms with Gasteiger partial charge in [0.15, 0.2) is 11.5 Å². The van der Waals surface area contributed by atoms with Crippen molar-refractivity contribution < 1.29 is 14.3 Å². The van der Waals surface area contributed by atoms with E-state index in [-0.39, 0.29) is 0 Å². The molecule has 0 amide bonds. The molecule has 0 aliphatic heterocycles. The molecule has 0 aromatic heterocycles. The minimum atomic E-state index is 0.456. The molecule has 2 aromatic carbocycles. The highest BCUT2D eigenvalue weighted by molar-refractivity contribution is 5.80. The van der Waals surface area contributed by atoms with E-state index in [9.17, 15) is 0 Å². The fourth-order valence-corrected chi connectivity index (χ4v) is 2.02. The molecule has 0 aliphatic carbocycles. The molecule has 4 nitrogen and oxygen atoms in total. The maximum absolute atomic E-state index is 5.48. The van der Waals surface area contributed by atoms with Gasteiger partial charge in [0.2, 0.25) is 0 Å². The first-order valence-electron chi connectivity index (χ1n) is 7.25. The predicted molar refractivity (Wildman–Crippen MR) is 87.7 cm³/mol.